The predicted molar refractivity (Wildman–Crippen MR) is 65.3 cm³/mol. The number of nitrogens with zero attached hydrogens (tertiary/aromatic N) is 3. The first-order valence-corrected chi connectivity index (χ1v) is 5.15. The fourth-order valence-corrected chi connectivity index (χ4v) is 1.44. The number of halogens is 1. The smallest absolute Gasteiger partial charge is 0.199 e. The van der Waals surface area contributed by atoms with Crippen LogP contribution in [0, 0.1) is 6.92 Å². The van der Waals surface area contributed by atoms with Crippen LogP contribution in [0.4, 0.5) is 11.5 Å². The van der Waals surface area contributed by atoms with Gasteiger partial charge in [0.2, 0.25) is 0 Å². The summed E-state index contributed by atoms with van der Waals surface area (Å²) in [6.07, 6.45) is 0. The van der Waals surface area contributed by atoms with Gasteiger partial charge in [-0.05, 0) is 34.9 Å². The lowest BCUT2D eigenvalue weighted by molar-refractivity contribution is 0.308. The molecule has 7 heteroatoms. The molecule has 6 nitrogen and oxygen atoms in total. The van der Waals surface area contributed by atoms with Gasteiger partial charge in [-0.25, -0.2) is 9.62 Å². The van der Waals surface area contributed by atoms with Gasteiger partial charge in [-0.2, -0.15) is 0 Å². The van der Waals surface area contributed by atoms with Crippen molar-refractivity contribution in [2.75, 3.05) is 5.73 Å². The third-order valence-electron chi connectivity index (χ3n) is 2.24. The number of benzene rings is 1. The Hall–Kier alpha value is -2.08. The third-order valence-corrected chi connectivity index (χ3v) is 2.65. The van der Waals surface area contributed by atoms with Crippen LogP contribution in [0.2, 0.25) is 5.02 Å². The summed E-state index contributed by atoms with van der Waals surface area (Å²) in [5.74, 6) is 0.236. The zero-order valence-corrected chi connectivity index (χ0v) is 9.77. The number of anilines is 1. The molecule has 2 rings (SSSR count). The Morgan fingerprint density at radius 1 is 1.41 bits per heavy atom. The molecule has 0 aliphatic carbocycles. The molecule has 1 heterocycles. The molecular formula is C10H10ClN5O. The number of amidine groups is 1. The molecule has 0 atom stereocenters. The van der Waals surface area contributed by atoms with Crippen LogP contribution in [0.25, 0.3) is 0 Å². The molecular weight excluding hydrogens is 242 g/mol. The van der Waals surface area contributed by atoms with Gasteiger partial charge >= 0.3 is 0 Å². The van der Waals surface area contributed by atoms with Gasteiger partial charge in [0.05, 0.1) is 5.69 Å². The van der Waals surface area contributed by atoms with E-state index in [1.54, 1.807) is 18.2 Å². The highest BCUT2D eigenvalue weighted by Gasteiger charge is 2.11. The van der Waals surface area contributed by atoms with E-state index in [9.17, 15) is 0 Å². The van der Waals surface area contributed by atoms with E-state index in [1.807, 2.05) is 6.92 Å². The zero-order valence-electron chi connectivity index (χ0n) is 9.01. The lowest BCUT2D eigenvalue weighted by Crippen LogP contribution is -2.15. The molecule has 88 valence electrons. The van der Waals surface area contributed by atoms with Gasteiger partial charge in [0.1, 0.15) is 0 Å². The minimum Gasteiger partial charge on any atom is -0.382 e. The van der Waals surface area contributed by atoms with E-state index in [-0.39, 0.29) is 17.3 Å². The summed E-state index contributed by atoms with van der Waals surface area (Å²) in [5.41, 5.74) is 13.0. The number of nitrogen functional groups attached to an aromatic ring is 1. The Bertz CT molecular complexity index is 578. The van der Waals surface area contributed by atoms with Crippen LogP contribution < -0.4 is 11.5 Å². The van der Waals surface area contributed by atoms with E-state index >= 15 is 0 Å². The molecule has 0 aliphatic rings. The van der Waals surface area contributed by atoms with Crippen molar-refractivity contribution in [3.8, 4) is 0 Å². The molecule has 0 radical (unpaired) electrons. The molecule has 0 amide bonds. The SMILES string of the molecule is Cc1c(Cl)cccc1N=C(N)c1nonc1N. The van der Waals surface area contributed by atoms with Crippen LogP contribution in [0.3, 0.4) is 0 Å². The molecule has 2 aromatic rings. The van der Waals surface area contributed by atoms with Gasteiger partial charge in [0, 0.05) is 5.02 Å². The van der Waals surface area contributed by atoms with Crippen LogP contribution in [0.15, 0.2) is 27.8 Å². The molecule has 0 fully saturated rings. The zero-order chi connectivity index (χ0) is 12.4. The van der Waals surface area contributed by atoms with Gasteiger partial charge < -0.3 is 11.5 Å². The van der Waals surface area contributed by atoms with Crippen molar-refractivity contribution in [3.05, 3.63) is 34.5 Å². The largest absolute Gasteiger partial charge is 0.382 e. The van der Waals surface area contributed by atoms with Gasteiger partial charge in [-0.15, -0.1) is 0 Å². The Kier molecular flexibility index (Phi) is 2.97. The first-order chi connectivity index (χ1) is 8.09. The van der Waals surface area contributed by atoms with Gasteiger partial charge in [-0.1, -0.05) is 17.7 Å². The Balaban J connectivity index is 2.43. The molecule has 0 aliphatic heterocycles. The number of aliphatic imine (C=N–C) groups is 1. The molecule has 17 heavy (non-hydrogen) atoms. The summed E-state index contributed by atoms with van der Waals surface area (Å²) in [7, 11) is 0. The summed E-state index contributed by atoms with van der Waals surface area (Å²) in [4.78, 5) is 4.19. The van der Waals surface area contributed by atoms with Crippen molar-refractivity contribution in [2.24, 2.45) is 10.7 Å². The molecule has 0 unspecified atom stereocenters. The van der Waals surface area contributed by atoms with Crippen molar-refractivity contribution < 1.29 is 4.63 Å². The normalized spacial score (nSPS) is 11.8. The molecule has 4 N–H and O–H groups in total. The fourth-order valence-electron chi connectivity index (χ4n) is 1.27. The monoisotopic (exact) mass is 251 g/mol. The van der Waals surface area contributed by atoms with E-state index in [4.69, 9.17) is 23.1 Å². The van der Waals surface area contributed by atoms with Crippen LogP contribution in [0.5, 0.6) is 0 Å². The van der Waals surface area contributed by atoms with E-state index in [1.165, 1.54) is 0 Å². The first kappa shape index (κ1) is 11.4. The maximum atomic E-state index is 5.97. The molecule has 0 bridgehead atoms. The number of hydrogen-bond acceptors (Lipinski definition) is 5. The Morgan fingerprint density at radius 2 is 2.18 bits per heavy atom. The molecule has 0 saturated carbocycles. The third kappa shape index (κ3) is 2.21. The highest BCUT2D eigenvalue weighted by molar-refractivity contribution is 6.31. The molecule has 0 spiro atoms. The van der Waals surface area contributed by atoms with Gasteiger partial charge in [0.15, 0.2) is 17.3 Å². The second-order valence-electron chi connectivity index (χ2n) is 3.38. The second kappa shape index (κ2) is 4.42. The topological polar surface area (TPSA) is 103 Å². The molecule has 1 aromatic heterocycles. The number of aromatic nitrogens is 2. The molecule has 0 saturated heterocycles. The first-order valence-electron chi connectivity index (χ1n) is 4.77. The van der Waals surface area contributed by atoms with Crippen LogP contribution >= 0.6 is 11.6 Å². The van der Waals surface area contributed by atoms with Crippen molar-refractivity contribution in [3.63, 3.8) is 0 Å². The molecule has 1 aromatic carbocycles. The van der Waals surface area contributed by atoms with E-state index < -0.39 is 0 Å². The van der Waals surface area contributed by atoms with Crippen molar-refractivity contribution in [1.29, 1.82) is 0 Å². The minimum atomic E-state index is 0.103. The predicted octanol–water partition coefficient (Wildman–Crippen LogP) is 1.65. The van der Waals surface area contributed by atoms with Crippen molar-refractivity contribution in [1.82, 2.24) is 10.3 Å². The lowest BCUT2D eigenvalue weighted by Gasteiger charge is -2.02. The average molecular weight is 252 g/mol. The minimum absolute atomic E-state index is 0.103. The summed E-state index contributed by atoms with van der Waals surface area (Å²) < 4.78 is 4.45. The highest BCUT2D eigenvalue weighted by atomic mass is 35.5. The number of hydrogen-bond donors (Lipinski definition) is 2. The Morgan fingerprint density at radius 3 is 2.82 bits per heavy atom. The maximum Gasteiger partial charge on any atom is 0.199 e. The standard InChI is InChI=1S/C10H10ClN5O/c1-5-6(11)3-2-4-7(5)14-9(12)8-10(13)16-17-15-8/h2-4H,1H3,(H2,12,14)(H2,13,16). The summed E-state index contributed by atoms with van der Waals surface area (Å²) in [5, 5.41) is 7.60. The highest BCUT2D eigenvalue weighted by Crippen LogP contribution is 2.25. The van der Waals surface area contributed by atoms with Crippen LogP contribution in [-0.2, 0) is 0 Å². The lowest BCUT2D eigenvalue weighted by atomic mass is 10.2. The number of rotatable bonds is 2. The van der Waals surface area contributed by atoms with Crippen LogP contribution in [-0.4, -0.2) is 16.1 Å². The van der Waals surface area contributed by atoms with Crippen molar-refractivity contribution in [2.45, 2.75) is 6.92 Å². The maximum absolute atomic E-state index is 5.97. The quantitative estimate of drug-likeness (QED) is 0.624. The number of nitrogens with two attached hydrogens (primary N) is 2. The summed E-state index contributed by atoms with van der Waals surface area (Å²) in [6.45, 7) is 1.85. The van der Waals surface area contributed by atoms with Gasteiger partial charge in [-0.3, -0.25) is 0 Å². The summed E-state index contributed by atoms with van der Waals surface area (Å²) >= 11 is 5.97. The van der Waals surface area contributed by atoms with E-state index in [0.717, 1.165) is 5.56 Å². The fraction of sp³-hybridized carbons (Fsp3) is 0.100. The van der Waals surface area contributed by atoms with Crippen LogP contribution in [0.1, 0.15) is 11.3 Å². The van der Waals surface area contributed by atoms with E-state index in [0.29, 0.717) is 10.7 Å². The summed E-state index contributed by atoms with van der Waals surface area (Å²) in [6, 6.07) is 5.35. The second-order valence-corrected chi connectivity index (χ2v) is 3.79. The van der Waals surface area contributed by atoms with Gasteiger partial charge in [0.25, 0.3) is 0 Å². The Labute approximate surface area is 102 Å². The van der Waals surface area contributed by atoms with Crippen molar-refractivity contribution >= 4 is 28.9 Å². The van der Waals surface area contributed by atoms with E-state index in [2.05, 4.69) is 19.9 Å². The average Bonchev–Trinajstić information content (AvgIpc) is 2.71.